The summed E-state index contributed by atoms with van der Waals surface area (Å²) in [4.78, 5) is 8.84. The zero-order valence-corrected chi connectivity index (χ0v) is 16.5. The van der Waals surface area contributed by atoms with Gasteiger partial charge in [-0.3, -0.25) is 4.98 Å². The van der Waals surface area contributed by atoms with Gasteiger partial charge in [-0.15, -0.1) is 0 Å². The minimum atomic E-state index is 0.414. The van der Waals surface area contributed by atoms with Crippen LogP contribution < -0.4 is 5.32 Å². The van der Waals surface area contributed by atoms with Crippen LogP contribution in [0.5, 0.6) is 0 Å². The van der Waals surface area contributed by atoms with E-state index in [0.717, 1.165) is 29.8 Å². The molecule has 2 heterocycles. The van der Waals surface area contributed by atoms with Crippen LogP contribution in [0.15, 0.2) is 36.7 Å². The number of halogens is 2. The van der Waals surface area contributed by atoms with Crippen LogP contribution in [0.2, 0.25) is 10.0 Å². The number of aromatic nitrogens is 3. The lowest BCUT2D eigenvalue weighted by atomic mass is 9.75. The molecule has 4 rings (SSSR count). The van der Waals surface area contributed by atoms with Gasteiger partial charge in [0.2, 0.25) is 5.95 Å². The van der Waals surface area contributed by atoms with E-state index in [1.165, 1.54) is 12.8 Å². The van der Waals surface area contributed by atoms with Crippen LogP contribution in [0.3, 0.4) is 0 Å². The van der Waals surface area contributed by atoms with Crippen LogP contribution in [0, 0.1) is 5.41 Å². The van der Waals surface area contributed by atoms with E-state index in [4.69, 9.17) is 28.2 Å². The fourth-order valence-electron chi connectivity index (χ4n) is 3.79. The van der Waals surface area contributed by atoms with Crippen molar-refractivity contribution in [3.63, 3.8) is 0 Å². The fraction of sp³-hybridized carbons (Fsp3) is 0.400. The van der Waals surface area contributed by atoms with Crippen molar-refractivity contribution < 1.29 is 0 Å². The summed E-state index contributed by atoms with van der Waals surface area (Å²) in [6, 6.07) is 8.66. The number of hydrogen-bond donors (Lipinski definition) is 1. The maximum absolute atomic E-state index is 6.31. The first-order valence-electron chi connectivity index (χ1n) is 8.98. The van der Waals surface area contributed by atoms with Gasteiger partial charge in [0.1, 0.15) is 0 Å². The first-order chi connectivity index (χ1) is 12.4. The van der Waals surface area contributed by atoms with Gasteiger partial charge in [-0.1, -0.05) is 49.2 Å². The molecule has 0 radical (unpaired) electrons. The van der Waals surface area contributed by atoms with E-state index in [-0.39, 0.29) is 0 Å². The largest absolute Gasteiger partial charge is 0.323 e. The van der Waals surface area contributed by atoms with Crippen LogP contribution in [0.4, 0.5) is 11.6 Å². The van der Waals surface area contributed by atoms with Crippen molar-refractivity contribution in [2.45, 2.75) is 45.6 Å². The van der Waals surface area contributed by atoms with Gasteiger partial charge in [0.25, 0.3) is 0 Å². The molecule has 0 bridgehead atoms. The number of pyridine rings is 1. The molecule has 1 aromatic carbocycles. The SMILES string of the molecule is CC1(C)CCC(n2c(Nc3c(Cl)cncc3Cl)nc3ccccc32)CC1. The number of para-hydroxylation sites is 2. The first-order valence-corrected chi connectivity index (χ1v) is 9.73. The Hall–Kier alpha value is -1.78. The van der Waals surface area contributed by atoms with Gasteiger partial charge in [0.05, 0.1) is 26.8 Å². The number of hydrogen-bond acceptors (Lipinski definition) is 3. The van der Waals surface area contributed by atoms with Crippen LogP contribution >= 0.6 is 23.2 Å². The lowest BCUT2D eigenvalue weighted by Gasteiger charge is -2.35. The second kappa shape index (κ2) is 6.75. The Balaban J connectivity index is 1.77. The molecular formula is C20H22Cl2N4. The van der Waals surface area contributed by atoms with Crippen molar-refractivity contribution in [3.8, 4) is 0 Å². The van der Waals surface area contributed by atoms with Crippen molar-refractivity contribution in [1.29, 1.82) is 0 Å². The molecule has 1 saturated carbocycles. The van der Waals surface area contributed by atoms with Crippen molar-refractivity contribution in [1.82, 2.24) is 14.5 Å². The number of rotatable bonds is 3. The van der Waals surface area contributed by atoms with Crippen molar-refractivity contribution >= 4 is 45.9 Å². The Morgan fingerprint density at radius 3 is 2.42 bits per heavy atom. The van der Waals surface area contributed by atoms with E-state index < -0.39 is 0 Å². The minimum Gasteiger partial charge on any atom is -0.323 e. The van der Waals surface area contributed by atoms with E-state index in [9.17, 15) is 0 Å². The molecule has 0 amide bonds. The molecule has 0 unspecified atom stereocenters. The van der Waals surface area contributed by atoms with Gasteiger partial charge in [0, 0.05) is 18.4 Å². The Morgan fingerprint density at radius 1 is 1.08 bits per heavy atom. The average Bonchev–Trinajstić information content (AvgIpc) is 2.96. The Kier molecular flexibility index (Phi) is 4.57. The van der Waals surface area contributed by atoms with Crippen molar-refractivity contribution in [3.05, 3.63) is 46.7 Å². The van der Waals surface area contributed by atoms with Crippen LogP contribution in [-0.2, 0) is 0 Å². The van der Waals surface area contributed by atoms with Gasteiger partial charge in [0.15, 0.2) is 0 Å². The highest BCUT2D eigenvalue weighted by molar-refractivity contribution is 6.39. The lowest BCUT2D eigenvalue weighted by Crippen LogP contribution is -2.24. The molecule has 1 fully saturated rings. The molecule has 1 aliphatic rings. The highest BCUT2D eigenvalue weighted by Gasteiger charge is 2.30. The molecular weight excluding hydrogens is 367 g/mol. The fourth-order valence-corrected chi connectivity index (χ4v) is 4.25. The molecule has 136 valence electrons. The molecule has 2 aromatic heterocycles. The zero-order valence-electron chi connectivity index (χ0n) is 15.0. The maximum Gasteiger partial charge on any atom is 0.208 e. The smallest absolute Gasteiger partial charge is 0.208 e. The second-order valence-corrected chi connectivity index (χ2v) is 8.61. The summed E-state index contributed by atoms with van der Waals surface area (Å²) in [5, 5.41) is 4.34. The third kappa shape index (κ3) is 3.28. The minimum absolute atomic E-state index is 0.414. The number of anilines is 2. The predicted octanol–water partition coefficient (Wildman–Crippen LogP) is 6.62. The van der Waals surface area contributed by atoms with Gasteiger partial charge >= 0.3 is 0 Å². The van der Waals surface area contributed by atoms with Crippen molar-refractivity contribution in [2.75, 3.05) is 5.32 Å². The second-order valence-electron chi connectivity index (χ2n) is 7.79. The molecule has 1 aliphatic carbocycles. The molecule has 1 N–H and O–H groups in total. The number of fused-ring (bicyclic) bond motifs is 1. The third-order valence-corrected chi connectivity index (χ3v) is 5.93. The average molecular weight is 389 g/mol. The molecule has 3 aromatic rings. The zero-order chi connectivity index (χ0) is 18.3. The topological polar surface area (TPSA) is 42.7 Å². The standard InChI is InChI=1S/C20H22Cl2N4/c1-20(2)9-7-13(8-10-20)26-17-6-4-3-5-16(17)24-19(26)25-18-14(21)11-23-12-15(18)22/h3-6,11-13H,7-10H2,1-2H3,(H,23,24,25). The molecule has 0 spiro atoms. The summed E-state index contributed by atoms with van der Waals surface area (Å²) in [7, 11) is 0. The molecule has 6 heteroatoms. The normalized spacial score (nSPS) is 17.5. The summed E-state index contributed by atoms with van der Waals surface area (Å²) in [6.07, 6.45) is 7.87. The van der Waals surface area contributed by atoms with Gasteiger partial charge in [-0.05, 0) is 43.2 Å². The Bertz CT molecular complexity index is 918. The summed E-state index contributed by atoms with van der Waals surface area (Å²) in [5.74, 6) is 0.783. The van der Waals surface area contributed by atoms with Gasteiger partial charge in [-0.2, -0.15) is 0 Å². The number of benzene rings is 1. The Morgan fingerprint density at radius 2 is 1.73 bits per heavy atom. The predicted molar refractivity (Wildman–Crippen MR) is 109 cm³/mol. The van der Waals surface area contributed by atoms with E-state index >= 15 is 0 Å². The quantitative estimate of drug-likeness (QED) is 0.547. The van der Waals surface area contributed by atoms with Crippen LogP contribution in [0.25, 0.3) is 11.0 Å². The number of nitrogens with zero attached hydrogens (tertiary/aromatic N) is 3. The maximum atomic E-state index is 6.31. The molecule has 26 heavy (non-hydrogen) atoms. The van der Waals surface area contributed by atoms with Crippen molar-refractivity contribution in [2.24, 2.45) is 5.41 Å². The van der Waals surface area contributed by atoms with E-state index in [1.807, 2.05) is 12.1 Å². The van der Waals surface area contributed by atoms with Gasteiger partial charge in [-0.25, -0.2) is 4.98 Å². The van der Waals surface area contributed by atoms with E-state index in [2.05, 4.69) is 40.8 Å². The highest BCUT2D eigenvalue weighted by Crippen LogP contribution is 2.43. The molecule has 0 atom stereocenters. The van der Waals surface area contributed by atoms with E-state index in [1.54, 1.807) is 12.4 Å². The molecule has 4 nitrogen and oxygen atoms in total. The van der Waals surface area contributed by atoms with Gasteiger partial charge < -0.3 is 9.88 Å². The summed E-state index contributed by atoms with van der Waals surface area (Å²) in [6.45, 7) is 4.70. The summed E-state index contributed by atoms with van der Waals surface area (Å²) in [5.41, 5.74) is 3.18. The van der Waals surface area contributed by atoms with E-state index in [0.29, 0.717) is 27.2 Å². The number of nitrogens with one attached hydrogen (secondary N) is 1. The summed E-state index contributed by atoms with van der Waals surface area (Å²) < 4.78 is 2.32. The van der Waals surface area contributed by atoms with Crippen LogP contribution in [-0.4, -0.2) is 14.5 Å². The highest BCUT2D eigenvalue weighted by atomic mass is 35.5. The van der Waals surface area contributed by atoms with Crippen LogP contribution in [0.1, 0.15) is 45.6 Å². The third-order valence-electron chi connectivity index (χ3n) is 5.36. The summed E-state index contributed by atoms with van der Waals surface area (Å²) >= 11 is 12.6. The molecule has 0 saturated heterocycles. The number of imidazole rings is 1. The first kappa shape index (κ1) is 17.6. The monoisotopic (exact) mass is 388 g/mol. The Labute approximate surface area is 163 Å². The molecule has 0 aliphatic heterocycles. The lowest BCUT2D eigenvalue weighted by molar-refractivity contribution is 0.197.